The third-order valence-electron chi connectivity index (χ3n) is 6.43. The number of hydrogen-bond donors (Lipinski definition) is 2. The highest BCUT2D eigenvalue weighted by molar-refractivity contribution is 5.93. The average molecular weight is 463 g/mol. The minimum atomic E-state index is 0.0375. The number of methoxy groups -OCH3 is 2. The highest BCUT2D eigenvalue weighted by atomic mass is 16.5. The Kier molecular flexibility index (Phi) is 7.40. The first-order valence-electron chi connectivity index (χ1n) is 11.8. The van der Waals surface area contributed by atoms with E-state index in [2.05, 4.69) is 47.8 Å². The number of ether oxygens (including phenoxy) is 2. The molecule has 3 aromatic rings. The zero-order chi connectivity index (χ0) is 24.1. The van der Waals surface area contributed by atoms with Gasteiger partial charge >= 0.3 is 0 Å². The molecule has 4 rings (SSSR count). The fourth-order valence-electron chi connectivity index (χ4n) is 4.65. The minimum Gasteiger partial charge on any atom is -0.493 e. The number of benzene rings is 2. The fraction of sp³-hybridized carbons (Fsp3) is 0.407. The lowest BCUT2D eigenvalue weighted by molar-refractivity contribution is -0.121. The summed E-state index contributed by atoms with van der Waals surface area (Å²) in [4.78, 5) is 19.6. The maximum atomic E-state index is 12.6. The smallest absolute Gasteiger partial charge is 0.224 e. The summed E-state index contributed by atoms with van der Waals surface area (Å²) in [5.41, 5.74) is 3.06. The first-order valence-corrected chi connectivity index (χ1v) is 11.8. The van der Waals surface area contributed by atoms with E-state index in [1.165, 1.54) is 0 Å². The van der Waals surface area contributed by atoms with Crippen molar-refractivity contribution in [2.75, 3.05) is 38.5 Å². The standard InChI is InChI=1S/C27H34N4O3/c1-31(2)23-17-26(30-22-8-6-5-7-21(22)23)28-19-10-12-20(13-11-19)29-27(32)16-18-9-14-24(33-3)25(15-18)34-4/h5-9,14-15,17,19-20H,10-13,16H2,1-4H3,(H,28,30)(H,29,32)/t19-,20+. The Labute approximate surface area is 201 Å². The molecule has 0 bridgehead atoms. The number of pyridine rings is 1. The van der Waals surface area contributed by atoms with Crippen molar-refractivity contribution in [2.24, 2.45) is 0 Å². The van der Waals surface area contributed by atoms with Crippen LogP contribution in [0, 0.1) is 0 Å². The van der Waals surface area contributed by atoms with E-state index in [-0.39, 0.29) is 11.9 Å². The van der Waals surface area contributed by atoms with Crippen LogP contribution < -0.4 is 25.0 Å². The molecular weight excluding hydrogens is 428 g/mol. The molecule has 1 saturated carbocycles. The molecule has 7 nitrogen and oxygen atoms in total. The lowest BCUT2D eigenvalue weighted by atomic mass is 9.91. The molecule has 1 amide bonds. The summed E-state index contributed by atoms with van der Waals surface area (Å²) in [7, 11) is 7.32. The summed E-state index contributed by atoms with van der Waals surface area (Å²) in [5, 5.41) is 7.99. The lowest BCUT2D eigenvalue weighted by Crippen LogP contribution is -2.40. The Morgan fingerprint density at radius 1 is 0.971 bits per heavy atom. The maximum absolute atomic E-state index is 12.6. The quantitative estimate of drug-likeness (QED) is 0.517. The van der Waals surface area contributed by atoms with Crippen LogP contribution in [0.3, 0.4) is 0 Å². The van der Waals surface area contributed by atoms with E-state index in [9.17, 15) is 4.79 Å². The molecule has 2 N–H and O–H groups in total. The molecule has 1 aromatic heterocycles. The molecule has 0 unspecified atom stereocenters. The molecule has 0 radical (unpaired) electrons. The van der Waals surface area contributed by atoms with E-state index >= 15 is 0 Å². The molecule has 1 aliphatic carbocycles. The van der Waals surface area contributed by atoms with Gasteiger partial charge in [0, 0.05) is 43.3 Å². The Morgan fingerprint density at radius 3 is 2.38 bits per heavy atom. The van der Waals surface area contributed by atoms with E-state index in [0.29, 0.717) is 24.0 Å². The van der Waals surface area contributed by atoms with Crippen LogP contribution in [0.15, 0.2) is 48.5 Å². The van der Waals surface area contributed by atoms with Gasteiger partial charge in [-0.25, -0.2) is 4.98 Å². The van der Waals surface area contributed by atoms with Gasteiger partial charge < -0.3 is 25.0 Å². The summed E-state index contributed by atoms with van der Waals surface area (Å²) in [6.07, 6.45) is 4.21. The molecule has 1 aliphatic rings. The molecule has 1 heterocycles. The van der Waals surface area contributed by atoms with E-state index in [1.807, 2.05) is 30.3 Å². The number of rotatable bonds is 8. The van der Waals surface area contributed by atoms with Gasteiger partial charge in [-0.1, -0.05) is 24.3 Å². The molecule has 0 aliphatic heterocycles. The molecule has 0 spiro atoms. The largest absolute Gasteiger partial charge is 0.493 e. The van der Waals surface area contributed by atoms with Crippen molar-refractivity contribution < 1.29 is 14.3 Å². The Hall–Kier alpha value is -3.48. The Morgan fingerprint density at radius 2 is 1.68 bits per heavy atom. The van der Waals surface area contributed by atoms with Crippen molar-refractivity contribution in [3.05, 3.63) is 54.1 Å². The molecule has 7 heteroatoms. The van der Waals surface area contributed by atoms with Crippen LogP contribution in [0.25, 0.3) is 10.9 Å². The number of hydrogen-bond acceptors (Lipinski definition) is 6. The minimum absolute atomic E-state index is 0.0375. The summed E-state index contributed by atoms with van der Waals surface area (Å²) in [5.74, 6) is 2.24. The number of fused-ring (bicyclic) bond motifs is 1. The van der Waals surface area contributed by atoms with Crippen LogP contribution in [0.2, 0.25) is 0 Å². The molecular formula is C27H34N4O3. The second-order valence-corrected chi connectivity index (χ2v) is 9.06. The van der Waals surface area contributed by atoms with Gasteiger partial charge in [0.15, 0.2) is 11.5 Å². The maximum Gasteiger partial charge on any atom is 0.224 e. The number of nitrogens with one attached hydrogen (secondary N) is 2. The van der Waals surface area contributed by atoms with Crippen LogP contribution in [-0.4, -0.2) is 51.3 Å². The fourth-order valence-corrected chi connectivity index (χ4v) is 4.65. The van der Waals surface area contributed by atoms with E-state index in [0.717, 1.165) is 53.7 Å². The van der Waals surface area contributed by atoms with Crippen molar-refractivity contribution in [1.29, 1.82) is 0 Å². The first-order chi connectivity index (χ1) is 16.5. The molecule has 34 heavy (non-hydrogen) atoms. The van der Waals surface area contributed by atoms with Crippen molar-refractivity contribution in [1.82, 2.24) is 10.3 Å². The second-order valence-electron chi connectivity index (χ2n) is 9.06. The topological polar surface area (TPSA) is 75.7 Å². The predicted molar refractivity (Wildman–Crippen MR) is 137 cm³/mol. The number of nitrogens with zero attached hydrogens (tertiary/aromatic N) is 2. The van der Waals surface area contributed by atoms with Gasteiger partial charge in [-0.2, -0.15) is 0 Å². The summed E-state index contributed by atoms with van der Waals surface area (Å²) < 4.78 is 10.6. The Balaban J connectivity index is 1.31. The van der Waals surface area contributed by atoms with Gasteiger partial charge in [-0.3, -0.25) is 4.79 Å². The SMILES string of the molecule is COc1ccc(CC(=O)N[C@H]2CC[C@@H](Nc3cc(N(C)C)c4ccccc4n3)CC2)cc1OC. The summed E-state index contributed by atoms with van der Waals surface area (Å²) in [6, 6.07) is 16.5. The highest BCUT2D eigenvalue weighted by Crippen LogP contribution is 2.30. The van der Waals surface area contributed by atoms with Gasteiger partial charge in [0.25, 0.3) is 0 Å². The zero-order valence-electron chi connectivity index (χ0n) is 20.4. The second kappa shape index (κ2) is 10.6. The van der Waals surface area contributed by atoms with Crippen molar-refractivity contribution in [3.63, 3.8) is 0 Å². The van der Waals surface area contributed by atoms with Crippen LogP contribution in [0.5, 0.6) is 11.5 Å². The normalized spacial score (nSPS) is 17.8. The molecule has 0 saturated heterocycles. The third kappa shape index (κ3) is 5.53. The summed E-state index contributed by atoms with van der Waals surface area (Å²) >= 11 is 0. The number of carbonyl (C=O) groups is 1. The highest BCUT2D eigenvalue weighted by Gasteiger charge is 2.23. The molecule has 180 valence electrons. The van der Waals surface area contributed by atoms with Gasteiger partial charge in [0.2, 0.25) is 5.91 Å². The molecule has 1 fully saturated rings. The number of para-hydroxylation sites is 1. The zero-order valence-corrected chi connectivity index (χ0v) is 20.4. The predicted octanol–water partition coefficient (Wildman–Crippen LogP) is 4.40. The summed E-state index contributed by atoms with van der Waals surface area (Å²) in [6.45, 7) is 0. The monoisotopic (exact) mass is 462 g/mol. The van der Waals surface area contributed by atoms with Gasteiger partial charge in [-0.05, 0) is 49.4 Å². The van der Waals surface area contributed by atoms with Crippen molar-refractivity contribution in [2.45, 2.75) is 44.2 Å². The number of aromatic nitrogens is 1. The van der Waals surface area contributed by atoms with E-state index in [1.54, 1.807) is 14.2 Å². The van der Waals surface area contributed by atoms with Gasteiger partial charge in [-0.15, -0.1) is 0 Å². The van der Waals surface area contributed by atoms with Gasteiger partial charge in [0.05, 0.1) is 26.2 Å². The number of anilines is 2. The molecule has 2 aromatic carbocycles. The van der Waals surface area contributed by atoms with Gasteiger partial charge in [0.1, 0.15) is 5.82 Å². The van der Waals surface area contributed by atoms with Crippen molar-refractivity contribution in [3.8, 4) is 11.5 Å². The van der Waals surface area contributed by atoms with E-state index in [4.69, 9.17) is 14.5 Å². The average Bonchev–Trinajstić information content (AvgIpc) is 2.84. The van der Waals surface area contributed by atoms with E-state index < -0.39 is 0 Å². The van der Waals surface area contributed by atoms with Crippen LogP contribution >= 0.6 is 0 Å². The third-order valence-corrected chi connectivity index (χ3v) is 6.43. The Bertz CT molecular complexity index is 1140. The number of amides is 1. The first kappa shape index (κ1) is 23.7. The van der Waals surface area contributed by atoms with Crippen LogP contribution in [0.1, 0.15) is 31.2 Å². The number of carbonyl (C=O) groups excluding carboxylic acids is 1. The molecule has 0 atom stereocenters. The van der Waals surface area contributed by atoms with Crippen LogP contribution in [0.4, 0.5) is 11.5 Å². The lowest BCUT2D eigenvalue weighted by Gasteiger charge is -2.30. The van der Waals surface area contributed by atoms with Crippen LogP contribution in [-0.2, 0) is 11.2 Å². The van der Waals surface area contributed by atoms with Crippen molar-refractivity contribution >= 4 is 28.3 Å².